The van der Waals surface area contributed by atoms with Gasteiger partial charge in [0.2, 0.25) is 5.91 Å². The second-order valence-electron chi connectivity index (χ2n) is 9.64. The van der Waals surface area contributed by atoms with E-state index in [0.717, 1.165) is 22.0 Å². The summed E-state index contributed by atoms with van der Waals surface area (Å²) in [4.78, 5) is 33.6. The van der Waals surface area contributed by atoms with Gasteiger partial charge in [-0.3, -0.25) is 9.59 Å². The lowest BCUT2D eigenvalue weighted by atomic mass is 10.1. The van der Waals surface area contributed by atoms with Crippen LogP contribution in [-0.2, 0) is 17.8 Å². The minimum atomic E-state index is -0.323. The number of hydrogen-bond acceptors (Lipinski definition) is 2. The first-order chi connectivity index (χ1) is 17.8. The molecule has 5 nitrogen and oxygen atoms in total. The maximum absolute atomic E-state index is 13.7. The van der Waals surface area contributed by atoms with E-state index in [2.05, 4.69) is 11.1 Å². The van der Waals surface area contributed by atoms with Crippen LogP contribution < -0.4 is 0 Å². The van der Waals surface area contributed by atoms with Crippen LogP contribution in [0, 0.1) is 11.7 Å². The standard InChI is InChI=1S/C30H31ClFN3O2/c1-21(2)18-35(30(37)23-6-5-7-25(31)16-23)20-29(36)34(19-22-10-12-26(32)13-11-22)15-14-24-17-33-28-9-4-3-8-27(24)28/h3-13,16-17,21,33H,14-15,18-20H2,1-2H3. The van der Waals surface area contributed by atoms with Crippen molar-refractivity contribution >= 4 is 34.3 Å². The summed E-state index contributed by atoms with van der Waals surface area (Å²) in [5.74, 6) is -0.550. The quantitative estimate of drug-likeness (QED) is 0.266. The number of hydrogen-bond donors (Lipinski definition) is 1. The average molecular weight is 520 g/mol. The summed E-state index contributed by atoms with van der Waals surface area (Å²) in [6.45, 7) is 5.18. The van der Waals surface area contributed by atoms with Gasteiger partial charge in [-0.15, -0.1) is 0 Å². The number of fused-ring (bicyclic) bond motifs is 1. The number of amides is 2. The van der Waals surface area contributed by atoms with Gasteiger partial charge in [0.15, 0.2) is 0 Å². The number of carbonyl (C=O) groups excluding carboxylic acids is 2. The van der Waals surface area contributed by atoms with Crippen LogP contribution in [0.25, 0.3) is 10.9 Å². The fourth-order valence-electron chi connectivity index (χ4n) is 4.42. The molecule has 1 N–H and O–H groups in total. The largest absolute Gasteiger partial charge is 0.361 e. The lowest BCUT2D eigenvalue weighted by Gasteiger charge is -2.29. The number of aromatic amines is 1. The molecule has 0 saturated carbocycles. The first kappa shape index (κ1) is 26.4. The third kappa shape index (κ3) is 6.98. The van der Waals surface area contributed by atoms with E-state index < -0.39 is 0 Å². The Hall–Kier alpha value is -3.64. The molecule has 0 atom stereocenters. The topological polar surface area (TPSA) is 56.4 Å². The molecule has 1 aromatic heterocycles. The van der Waals surface area contributed by atoms with Crippen molar-refractivity contribution in [2.45, 2.75) is 26.8 Å². The van der Waals surface area contributed by atoms with E-state index in [9.17, 15) is 14.0 Å². The highest BCUT2D eigenvalue weighted by Gasteiger charge is 2.24. The minimum Gasteiger partial charge on any atom is -0.361 e. The number of H-pyrrole nitrogens is 1. The summed E-state index contributed by atoms with van der Waals surface area (Å²) in [6, 6.07) is 21.0. The molecule has 0 unspecified atom stereocenters. The van der Waals surface area contributed by atoms with Crippen LogP contribution in [0.5, 0.6) is 0 Å². The molecule has 0 radical (unpaired) electrons. The summed E-state index contributed by atoms with van der Waals surface area (Å²) in [5, 5.41) is 1.59. The Bertz CT molecular complexity index is 1370. The molecule has 37 heavy (non-hydrogen) atoms. The summed E-state index contributed by atoms with van der Waals surface area (Å²) in [7, 11) is 0. The zero-order valence-electron chi connectivity index (χ0n) is 21.1. The summed E-state index contributed by atoms with van der Waals surface area (Å²) in [6.07, 6.45) is 2.61. The maximum Gasteiger partial charge on any atom is 0.254 e. The lowest BCUT2D eigenvalue weighted by Crippen LogP contribution is -2.44. The zero-order valence-corrected chi connectivity index (χ0v) is 21.8. The van der Waals surface area contributed by atoms with Crippen molar-refractivity contribution in [1.29, 1.82) is 0 Å². The van der Waals surface area contributed by atoms with E-state index in [1.165, 1.54) is 12.1 Å². The van der Waals surface area contributed by atoms with Gasteiger partial charge >= 0.3 is 0 Å². The predicted octanol–water partition coefficient (Wildman–Crippen LogP) is 6.33. The number of nitrogens with zero attached hydrogens (tertiary/aromatic N) is 2. The smallest absolute Gasteiger partial charge is 0.254 e. The van der Waals surface area contributed by atoms with Crippen molar-refractivity contribution < 1.29 is 14.0 Å². The van der Waals surface area contributed by atoms with Crippen molar-refractivity contribution in [3.63, 3.8) is 0 Å². The van der Waals surface area contributed by atoms with Gasteiger partial charge in [0.25, 0.3) is 5.91 Å². The third-order valence-electron chi connectivity index (χ3n) is 6.24. The number of para-hydroxylation sites is 1. The van der Waals surface area contributed by atoms with Crippen LogP contribution in [0.4, 0.5) is 4.39 Å². The van der Waals surface area contributed by atoms with Gasteiger partial charge in [0, 0.05) is 47.3 Å². The first-order valence-electron chi connectivity index (χ1n) is 12.4. The Morgan fingerprint density at radius 1 is 0.973 bits per heavy atom. The van der Waals surface area contributed by atoms with Crippen molar-refractivity contribution in [1.82, 2.24) is 14.8 Å². The predicted molar refractivity (Wildman–Crippen MR) is 146 cm³/mol. The Labute approximate surface area is 221 Å². The Kier molecular flexibility index (Phi) is 8.62. The van der Waals surface area contributed by atoms with E-state index in [1.54, 1.807) is 46.2 Å². The van der Waals surface area contributed by atoms with Gasteiger partial charge in [0.05, 0.1) is 0 Å². The molecule has 2 amide bonds. The average Bonchev–Trinajstić information content (AvgIpc) is 3.29. The minimum absolute atomic E-state index is 0.0569. The normalized spacial score (nSPS) is 11.2. The molecule has 4 rings (SSSR count). The number of carbonyl (C=O) groups is 2. The fourth-order valence-corrected chi connectivity index (χ4v) is 4.61. The van der Waals surface area contributed by atoms with Crippen LogP contribution in [0.2, 0.25) is 5.02 Å². The van der Waals surface area contributed by atoms with E-state index >= 15 is 0 Å². The molecule has 192 valence electrons. The van der Waals surface area contributed by atoms with Crippen molar-refractivity contribution in [2.75, 3.05) is 19.6 Å². The first-order valence-corrected chi connectivity index (χ1v) is 12.8. The van der Waals surface area contributed by atoms with Crippen LogP contribution in [0.3, 0.4) is 0 Å². The van der Waals surface area contributed by atoms with E-state index in [1.807, 2.05) is 38.2 Å². The SMILES string of the molecule is CC(C)CN(CC(=O)N(CCc1c[nH]c2ccccc12)Cc1ccc(F)cc1)C(=O)c1cccc(Cl)c1. The highest BCUT2D eigenvalue weighted by atomic mass is 35.5. The van der Waals surface area contributed by atoms with Crippen LogP contribution in [-0.4, -0.2) is 46.2 Å². The fraction of sp³-hybridized carbons (Fsp3) is 0.267. The molecular weight excluding hydrogens is 489 g/mol. The number of rotatable bonds is 10. The molecule has 4 aromatic rings. The molecule has 0 aliphatic carbocycles. The van der Waals surface area contributed by atoms with Gasteiger partial charge < -0.3 is 14.8 Å². The molecule has 7 heteroatoms. The van der Waals surface area contributed by atoms with Crippen LogP contribution in [0.15, 0.2) is 79.0 Å². The van der Waals surface area contributed by atoms with E-state index in [-0.39, 0.29) is 30.1 Å². The van der Waals surface area contributed by atoms with Crippen molar-refractivity contribution in [3.05, 3.63) is 107 Å². The van der Waals surface area contributed by atoms with E-state index in [0.29, 0.717) is 36.6 Å². The molecule has 1 heterocycles. The maximum atomic E-state index is 13.7. The van der Waals surface area contributed by atoms with E-state index in [4.69, 9.17) is 11.6 Å². The number of benzene rings is 3. The summed E-state index contributed by atoms with van der Waals surface area (Å²) < 4.78 is 13.5. The van der Waals surface area contributed by atoms with Gasteiger partial charge in [-0.05, 0) is 59.9 Å². The molecule has 0 saturated heterocycles. The lowest BCUT2D eigenvalue weighted by molar-refractivity contribution is -0.132. The highest BCUT2D eigenvalue weighted by molar-refractivity contribution is 6.31. The molecule has 3 aromatic carbocycles. The van der Waals surface area contributed by atoms with Crippen molar-refractivity contribution in [3.8, 4) is 0 Å². The van der Waals surface area contributed by atoms with Gasteiger partial charge in [-0.2, -0.15) is 0 Å². The molecule has 0 bridgehead atoms. The van der Waals surface area contributed by atoms with Crippen LogP contribution in [0.1, 0.15) is 35.3 Å². The zero-order chi connectivity index (χ0) is 26.4. The Morgan fingerprint density at radius 2 is 1.73 bits per heavy atom. The molecule has 0 aliphatic heterocycles. The van der Waals surface area contributed by atoms with Crippen LogP contribution >= 0.6 is 11.6 Å². The Morgan fingerprint density at radius 3 is 2.46 bits per heavy atom. The van der Waals surface area contributed by atoms with Gasteiger partial charge in [-0.25, -0.2) is 4.39 Å². The second-order valence-corrected chi connectivity index (χ2v) is 10.1. The number of nitrogens with one attached hydrogen (secondary N) is 1. The monoisotopic (exact) mass is 519 g/mol. The molecule has 0 aliphatic rings. The second kappa shape index (κ2) is 12.1. The highest BCUT2D eigenvalue weighted by Crippen LogP contribution is 2.20. The van der Waals surface area contributed by atoms with Gasteiger partial charge in [-0.1, -0.05) is 61.8 Å². The molecule has 0 spiro atoms. The van der Waals surface area contributed by atoms with Crippen molar-refractivity contribution in [2.24, 2.45) is 5.92 Å². The number of halogens is 2. The molecule has 0 fully saturated rings. The van der Waals surface area contributed by atoms with Gasteiger partial charge in [0.1, 0.15) is 12.4 Å². The summed E-state index contributed by atoms with van der Waals surface area (Å²) in [5.41, 5.74) is 3.43. The molecular formula is C30H31ClFN3O2. The summed E-state index contributed by atoms with van der Waals surface area (Å²) >= 11 is 6.11. The third-order valence-corrected chi connectivity index (χ3v) is 6.47. The number of aromatic nitrogens is 1. The Balaban J connectivity index is 1.55.